The van der Waals surface area contributed by atoms with Crippen LogP contribution in [-0.4, -0.2) is 14.7 Å². The second-order valence-corrected chi connectivity index (χ2v) is 5.52. The Balaban J connectivity index is 1.98. The monoisotopic (exact) mass is 318 g/mol. The largest absolute Gasteiger partial charge is 0.399 e. The lowest BCUT2D eigenvalue weighted by Crippen LogP contribution is -2.13. The molecule has 1 heterocycles. The summed E-state index contributed by atoms with van der Waals surface area (Å²) in [6.07, 6.45) is 0. The molecule has 7 heteroatoms. The van der Waals surface area contributed by atoms with Gasteiger partial charge in [-0.05, 0) is 42.8 Å². The van der Waals surface area contributed by atoms with Crippen molar-refractivity contribution in [2.75, 3.05) is 11.1 Å². The van der Waals surface area contributed by atoms with E-state index in [1.54, 1.807) is 30.3 Å². The number of nitrogens with two attached hydrogens (primary N) is 1. The molecule has 21 heavy (non-hydrogen) atoms. The molecule has 0 aliphatic rings. The number of carbonyl (C=O) groups is 1. The molecule has 3 aromatic rings. The Morgan fingerprint density at radius 3 is 2.86 bits per heavy atom. The first-order valence-electron chi connectivity index (χ1n) is 6.14. The van der Waals surface area contributed by atoms with Gasteiger partial charge >= 0.3 is 0 Å². The highest BCUT2D eigenvalue weighted by Gasteiger charge is 2.14. The van der Waals surface area contributed by atoms with Gasteiger partial charge in [0.05, 0.1) is 22.4 Å². The summed E-state index contributed by atoms with van der Waals surface area (Å²) in [6.45, 7) is 1.85. The average Bonchev–Trinajstić information content (AvgIpc) is 2.93. The van der Waals surface area contributed by atoms with Gasteiger partial charge in [0, 0.05) is 11.3 Å². The van der Waals surface area contributed by atoms with Crippen molar-refractivity contribution in [3.8, 4) is 0 Å². The third kappa shape index (κ3) is 2.55. The number of fused-ring (bicyclic) bond motifs is 1. The van der Waals surface area contributed by atoms with E-state index in [0.717, 1.165) is 17.3 Å². The van der Waals surface area contributed by atoms with Gasteiger partial charge in [-0.25, -0.2) is 0 Å². The van der Waals surface area contributed by atoms with Crippen LogP contribution in [0.15, 0.2) is 30.3 Å². The normalized spacial score (nSPS) is 10.8. The molecule has 0 atom stereocenters. The molecule has 0 saturated carbocycles. The highest BCUT2D eigenvalue weighted by atomic mass is 35.5. The van der Waals surface area contributed by atoms with Crippen LogP contribution in [0, 0.1) is 6.92 Å². The molecule has 0 aliphatic carbocycles. The number of benzene rings is 2. The van der Waals surface area contributed by atoms with Crippen LogP contribution in [-0.2, 0) is 0 Å². The van der Waals surface area contributed by atoms with E-state index < -0.39 is 0 Å². The second-order valence-electron chi connectivity index (χ2n) is 4.58. The minimum Gasteiger partial charge on any atom is -0.399 e. The van der Waals surface area contributed by atoms with Crippen molar-refractivity contribution in [1.29, 1.82) is 0 Å². The van der Waals surface area contributed by atoms with Gasteiger partial charge in [0.2, 0.25) is 0 Å². The highest BCUT2D eigenvalue weighted by molar-refractivity contribution is 7.00. The van der Waals surface area contributed by atoms with Crippen LogP contribution in [0.25, 0.3) is 11.0 Å². The van der Waals surface area contributed by atoms with Gasteiger partial charge in [0.25, 0.3) is 5.91 Å². The first kappa shape index (κ1) is 13.8. The van der Waals surface area contributed by atoms with Crippen molar-refractivity contribution in [1.82, 2.24) is 8.75 Å². The Hall–Kier alpha value is -2.18. The lowest BCUT2D eigenvalue weighted by atomic mass is 10.1. The molecule has 106 valence electrons. The number of hydrogen-bond donors (Lipinski definition) is 2. The van der Waals surface area contributed by atoms with E-state index in [-0.39, 0.29) is 5.91 Å². The van der Waals surface area contributed by atoms with E-state index in [0.29, 0.717) is 33.0 Å². The van der Waals surface area contributed by atoms with Crippen molar-refractivity contribution in [3.05, 3.63) is 46.5 Å². The van der Waals surface area contributed by atoms with Crippen LogP contribution >= 0.6 is 23.3 Å². The summed E-state index contributed by atoms with van der Waals surface area (Å²) in [7, 11) is 0. The number of nitrogen functional groups attached to an aromatic ring is 1. The van der Waals surface area contributed by atoms with Gasteiger partial charge in [-0.3, -0.25) is 4.79 Å². The molecule has 3 rings (SSSR count). The summed E-state index contributed by atoms with van der Waals surface area (Å²) < 4.78 is 8.30. The first-order chi connectivity index (χ1) is 10.1. The van der Waals surface area contributed by atoms with Crippen molar-refractivity contribution in [2.24, 2.45) is 0 Å². The molecule has 0 saturated heterocycles. The molecule has 0 bridgehead atoms. The van der Waals surface area contributed by atoms with Crippen LogP contribution in [0.2, 0.25) is 5.02 Å². The van der Waals surface area contributed by atoms with Crippen molar-refractivity contribution < 1.29 is 4.79 Å². The fourth-order valence-corrected chi connectivity index (χ4v) is 2.69. The number of nitrogens with one attached hydrogen (secondary N) is 1. The number of anilines is 2. The zero-order chi connectivity index (χ0) is 15.0. The molecular formula is C14H11ClN4OS. The van der Waals surface area contributed by atoms with Gasteiger partial charge in [-0.1, -0.05) is 11.6 Å². The van der Waals surface area contributed by atoms with E-state index in [9.17, 15) is 4.79 Å². The highest BCUT2D eigenvalue weighted by Crippen LogP contribution is 2.30. The van der Waals surface area contributed by atoms with E-state index in [4.69, 9.17) is 17.3 Å². The SMILES string of the molecule is Cc1cc(C(=O)Nc2c(Cl)ccc3nsnc23)ccc1N. The fraction of sp³-hybridized carbons (Fsp3) is 0.0714. The topological polar surface area (TPSA) is 80.9 Å². The average molecular weight is 319 g/mol. The van der Waals surface area contributed by atoms with E-state index in [2.05, 4.69) is 14.1 Å². The minimum absolute atomic E-state index is 0.263. The smallest absolute Gasteiger partial charge is 0.255 e. The van der Waals surface area contributed by atoms with Crippen molar-refractivity contribution in [2.45, 2.75) is 6.92 Å². The molecule has 0 spiro atoms. The molecule has 0 radical (unpaired) electrons. The molecule has 2 aromatic carbocycles. The van der Waals surface area contributed by atoms with Gasteiger partial charge in [-0.2, -0.15) is 8.75 Å². The molecule has 0 aliphatic heterocycles. The Kier molecular flexibility index (Phi) is 3.48. The lowest BCUT2D eigenvalue weighted by Gasteiger charge is -2.09. The lowest BCUT2D eigenvalue weighted by molar-refractivity contribution is 0.102. The summed E-state index contributed by atoms with van der Waals surface area (Å²) in [4.78, 5) is 12.3. The summed E-state index contributed by atoms with van der Waals surface area (Å²) in [5, 5.41) is 3.22. The second kappa shape index (κ2) is 5.31. The quantitative estimate of drug-likeness (QED) is 0.709. The summed E-state index contributed by atoms with van der Waals surface area (Å²) >= 11 is 7.23. The number of rotatable bonds is 2. The van der Waals surface area contributed by atoms with Crippen LogP contribution in [0.1, 0.15) is 15.9 Å². The molecular weight excluding hydrogens is 308 g/mol. The van der Waals surface area contributed by atoms with Crippen LogP contribution < -0.4 is 11.1 Å². The number of nitrogens with zero attached hydrogens (tertiary/aromatic N) is 2. The summed E-state index contributed by atoms with van der Waals surface area (Å²) in [5.74, 6) is -0.263. The van der Waals surface area contributed by atoms with E-state index in [1.165, 1.54) is 0 Å². The molecule has 5 nitrogen and oxygen atoms in total. The number of halogens is 1. The van der Waals surface area contributed by atoms with Crippen LogP contribution in [0.5, 0.6) is 0 Å². The number of amides is 1. The number of carbonyl (C=O) groups excluding carboxylic acids is 1. The summed E-state index contributed by atoms with van der Waals surface area (Å²) in [6, 6.07) is 8.57. The predicted molar refractivity (Wildman–Crippen MR) is 86.0 cm³/mol. The third-order valence-electron chi connectivity index (χ3n) is 3.15. The molecule has 3 N–H and O–H groups in total. The molecule has 1 amide bonds. The summed E-state index contributed by atoms with van der Waals surface area (Å²) in [5.41, 5.74) is 9.53. The Morgan fingerprint density at radius 1 is 1.29 bits per heavy atom. The Morgan fingerprint density at radius 2 is 2.10 bits per heavy atom. The Bertz CT molecular complexity index is 846. The fourth-order valence-electron chi connectivity index (χ4n) is 1.95. The van der Waals surface area contributed by atoms with Crippen LogP contribution in [0.4, 0.5) is 11.4 Å². The van der Waals surface area contributed by atoms with E-state index in [1.807, 2.05) is 6.92 Å². The Labute approximate surface area is 130 Å². The van der Waals surface area contributed by atoms with E-state index >= 15 is 0 Å². The maximum atomic E-state index is 12.3. The number of hydrogen-bond acceptors (Lipinski definition) is 5. The van der Waals surface area contributed by atoms with Crippen molar-refractivity contribution >= 4 is 51.6 Å². The molecule has 0 fully saturated rings. The number of aromatic nitrogens is 2. The van der Waals surface area contributed by atoms with Gasteiger partial charge in [-0.15, -0.1) is 0 Å². The minimum atomic E-state index is -0.263. The zero-order valence-corrected chi connectivity index (χ0v) is 12.6. The van der Waals surface area contributed by atoms with Gasteiger partial charge < -0.3 is 11.1 Å². The van der Waals surface area contributed by atoms with Crippen LogP contribution in [0.3, 0.4) is 0 Å². The first-order valence-corrected chi connectivity index (χ1v) is 7.25. The molecule has 1 aromatic heterocycles. The standard InChI is InChI=1S/C14H11ClN4OS/c1-7-6-8(2-4-10(7)16)14(20)17-12-9(15)3-5-11-13(12)19-21-18-11/h2-6H,16H2,1H3,(H,17,20). The van der Waals surface area contributed by atoms with Gasteiger partial charge in [0.1, 0.15) is 11.0 Å². The number of aryl methyl sites for hydroxylation is 1. The zero-order valence-electron chi connectivity index (χ0n) is 11.1. The third-order valence-corrected chi connectivity index (χ3v) is 4.01. The molecule has 0 unspecified atom stereocenters. The maximum Gasteiger partial charge on any atom is 0.255 e. The maximum absolute atomic E-state index is 12.3. The van der Waals surface area contributed by atoms with Crippen molar-refractivity contribution in [3.63, 3.8) is 0 Å². The predicted octanol–water partition coefficient (Wildman–Crippen LogP) is 3.49. The van der Waals surface area contributed by atoms with Gasteiger partial charge in [0.15, 0.2) is 0 Å².